The molecule has 0 atom stereocenters. The number of anilines is 2. The van der Waals surface area contributed by atoms with E-state index < -0.39 is 6.61 Å². The van der Waals surface area contributed by atoms with Crippen LogP contribution in [0.1, 0.15) is 16.1 Å². The molecule has 35 heavy (non-hydrogen) atoms. The predicted molar refractivity (Wildman–Crippen MR) is 134 cm³/mol. The highest BCUT2D eigenvalue weighted by molar-refractivity contribution is 8.14. The summed E-state index contributed by atoms with van der Waals surface area (Å²) in [4.78, 5) is 36.5. The summed E-state index contributed by atoms with van der Waals surface area (Å²) < 4.78 is 29.4. The van der Waals surface area contributed by atoms with Crippen molar-refractivity contribution in [2.75, 3.05) is 29.6 Å². The van der Waals surface area contributed by atoms with Crippen LogP contribution in [-0.2, 0) is 4.79 Å². The van der Waals surface area contributed by atoms with Crippen molar-refractivity contribution in [3.05, 3.63) is 83.8 Å². The van der Waals surface area contributed by atoms with Gasteiger partial charge >= 0.3 is 6.61 Å². The lowest BCUT2D eigenvalue weighted by molar-refractivity contribution is -0.113. The predicted octanol–water partition coefficient (Wildman–Crippen LogP) is 5.04. The number of rotatable bonds is 8. The quantitative estimate of drug-likeness (QED) is 0.349. The number of Topliss-reactive ketones (excluding diaryl/α,β-unsaturated/α-hetero) is 1. The first-order chi connectivity index (χ1) is 16.8. The molecule has 0 unspecified atom stereocenters. The van der Waals surface area contributed by atoms with Crippen molar-refractivity contribution in [2.45, 2.75) is 6.61 Å². The summed E-state index contributed by atoms with van der Waals surface area (Å²) in [5.74, 6) is -0.507. The van der Waals surface area contributed by atoms with Crippen LogP contribution >= 0.6 is 11.8 Å². The molecule has 0 aliphatic carbocycles. The number of ether oxygens (including phenoxy) is 1. The van der Waals surface area contributed by atoms with Crippen LogP contribution in [0, 0.1) is 0 Å². The lowest BCUT2D eigenvalue weighted by atomic mass is 10.1. The van der Waals surface area contributed by atoms with Crippen LogP contribution < -0.4 is 14.5 Å². The van der Waals surface area contributed by atoms with Crippen LogP contribution in [0.5, 0.6) is 5.75 Å². The number of benzene rings is 2. The number of alkyl halides is 2. The number of amidine groups is 1. The Balaban J connectivity index is 1.61. The van der Waals surface area contributed by atoms with Crippen molar-refractivity contribution in [2.24, 2.45) is 4.99 Å². The van der Waals surface area contributed by atoms with Gasteiger partial charge in [0.25, 0.3) is 5.91 Å². The van der Waals surface area contributed by atoms with E-state index in [-0.39, 0.29) is 28.9 Å². The van der Waals surface area contributed by atoms with E-state index in [0.717, 1.165) is 23.0 Å². The van der Waals surface area contributed by atoms with Gasteiger partial charge in [0.15, 0.2) is 11.0 Å². The molecule has 0 bridgehead atoms. The molecule has 4 rings (SSSR count). The maximum atomic E-state index is 13.3. The maximum Gasteiger partial charge on any atom is 0.387 e. The van der Waals surface area contributed by atoms with Gasteiger partial charge < -0.3 is 14.6 Å². The Kier molecular flexibility index (Phi) is 7.31. The third kappa shape index (κ3) is 5.78. The molecule has 2 aromatic carbocycles. The zero-order chi connectivity index (χ0) is 24.9. The number of amides is 1. The van der Waals surface area contributed by atoms with Crippen LogP contribution in [0.2, 0.25) is 0 Å². The van der Waals surface area contributed by atoms with Gasteiger partial charge in [-0.3, -0.25) is 14.5 Å². The van der Waals surface area contributed by atoms with Gasteiger partial charge in [0.2, 0.25) is 0 Å². The van der Waals surface area contributed by atoms with Crippen LogP contribution in [0.3, 0.4) is 0 Å². The minimum absolute atomic E-state index is 0.0276. The smallest absolute Gasteiger partial charge is 0.387 e. The van der Waals surface area contributed by atoms with E-state index in [4.69, 9.17) is 0 Å². The van der Waals surface area contributed by atoms with Crippen molar-refractivity contribution < 1.29 is 23.1 Å². The van der Waals surface area contributed by atoms with Gasteiger partial charge in [-0.2, -0.15) is 8.78 Å². The molecular formula is C25H22F2N4O3S. The topological polar surface area (TPSA) is 78.0 Å². The lowest BCUT2D eigenvalue weighted by Crippen LogP contribution is -2.30. The van der Waals surface area contributed by atoms with E-state index >= 15 is 0 Å². The molecule has 0 spiro atoms. The number of halogens is 2. The number of carbonyl (C=O) groups is 2. The van der Waals surface area contributed by atoms with Gasteiger partial charge in [0.1, 0.15) is 11.4 Å². The summed E-state index contributed by atoms with van der Waals surface area (Å²) in [5.41, 5.74) is 2.88. The Bertz CT molecular complexity index is 1250. The molecule has 0 saturated carbocycles. The van der Waals surface area contributed by atoms with E-state index in [9.17, 15) is 18.4 Å². The number of aromatic amines is 1. The standard InChI is InChI=1S/C25H22F2N4O3S/c1-30(2)17-7-5-16(6-8-17)14-21-23(33)31(18-9-11-19(12-10-18)34-24(26)27)25(29-21)35-15-22(32)20-4-3-13-28-20/h3-14,24,28H,15H2,1-2H3. The summed E-state index contributed by atoms with van der Waals surface area (Å²) in [5, 5.41) is 0.314. The van der Waals surface area contributed by atoms with Gasteiger partial charge in [-0.1, -0.05) is 23.9 Å². The number of nitrogens with zero attached hydrogens (tertiary/aromatic N) is 3. The number of thioether (sulfide) groups is 1. The van der Waals surface area contributed by atoms with Crippen molar-refractivity contribution in [1.29, 1.82) is 0 Å². The SMILES string of the molecule is CN(C)c1ccc(C=C2N=C(SCC(=O)c3ccc[nH]3)N(c3ccc(OC(F)F)cc3)C2=O)cc1. The van der Waals surface area contributed by atoms with E-state index in [2.05, 4.69) is 14.7 Å². The van der Waals surface area contributed by atoms with Crippen molar-refractivity contribution in [3.8, 4) is 5.75 Å². The van der Waals surface area contributed by atoms with Crippen LogP contribution in [-0.4, -0.2) is 48.3 Å². The van der Waals surface area contributed by atoms with Crippen LogP contribution in [0.15, 0.2) is 77.5 Å². The second kappa shape index (κ2) is 10.6. The molecule has 0 saturated heterocycles. The normalized spacial score (nSPS) is 14.5. The number of carbonyl (C=O) groups excluding carboxylic acids is 2. The van der Waals surface area contributed by atoms with E-state index in [1.807, 2.05) is 43.3 Å². The third-order valence-corrected chi connectivity index (χ3v) is 6.03. The maximum absolute atomic E-state index is 13.3. The second-order valence-electron chi connectivity index (χ2n) is 7.72. The highest BCUT2D eigenvalue weighted by Crippen LogP contribution is 2.31. The first-order valence-electron chi connectivity index (χ1n) is 10.6. The van der Waals surface area contributed by atoms with Gasteiger partial charge in [0.05, 0.1) is 17.1 Å². The summed E-state index contributed by atoms with van der Waals surface area (Å²) in [6.45, 7) is -2.95. The molecule has 7 nitrogen and oxygen atoms in total. The number of hydrogen-bond acceptors (Lipinski definition) is 6. The molecule has 1 aliphatic rings. The van der Waals surface area contributed by atoms with E-state index in [0.29, 0.717) is 16.5 Å². The lowest BCUT2D eigenvalue weighted by Gasteiger charge is -2.18. The molecule has 2 heterocycles. The van der Waals surface area contributed by atoms with Gasteiger partial charge in [-0.15, -0.1) is 0 Å². The Morgan fingerprint density at radius 3 is 2.46 bits per heavy atom. The molecule has 1 aromatic heterocycles. The molecular weight excluding hydrogens is 474 g/mol. The zero-order valence-electron chi connectivity index (χ0n) is 18.9. The van der Waals surface area contributed by atoms with Gasteiger partial charge in [-0.25, -0.2) is 4.99 Å². The molecule has 180 valence electrons. The Morgan fingerprint density at radius 2 is 1.86 bits per heavy atom. The fraction of sp³-hybridized carbons (Fsp3) is 0.160. The summed E-state index contributed by atoms with van der Waals surface area (Å²) >= 11 is 1.12. The highest BCUT2D eigenvalue weighted by atomic mass is 32.2. The van der Waals surface area contributed by atoms with E-state index in [1.54, 1.807) is 24.4 Å². The average Bonchev–Trinajstić information content (AvgIpc) is 3.47. The van der Waals surface area contributed by atoms with Crippen molar-refractivity contribution in [3.63, 3.8) is 0 Å². The molecule has 1 aliphatic heterocycles. The molecule has 10 heteroatoms. The minimum Gasteiger partial charge on any atom is -0.435 e. The average molecular weight is 497 g/mol. The highest BCUT2D eigenvalue weighted by Gasteiger charge is 2.32. The number of ketones is 1. The Morgan fingerprint density at radius 1 is 1.14 bits per heavy atom. The number of aliphatic imine (C=N–C) groups is 1. The first-order valence-corrected chi connectivity index (χ1v) is 11.6. The number of hydrogen-bond donors (Lipinski definition) is 1. The molecule has 0 radical (unpaired) electrons. The van der Waals surface area contributed by atoms with Gasteiger partial charge in [0, 0.05) is 26.0 Å². The summed E-state index contributed by atoms with van der Waals surface area (Å²) in [7, 11) is 3.87. The molecule has 1 amide bonds. The largest absolute Gasteiger partial charge is 0.435 e. The fourth-order valence-corrected chi connectivity index (χ4v) is 4.23. The monoisotopic (exact) mass is 496 g/mol. The number of H-pyrrole nitrogens is 1. The van der Waals surface area contributed by atoms with Gasteiger partial charge in [-0.05, 0) is 60.2 Å². The summed E-state index contributed by atoms with van der Waals surface area (Å²) in [6.07, 6.45) is 3.33. The van der Waals surface area contributed by atoms with Crippen LogP contribution in [0.25, 0.3) is 6.08 Å². The minimum atomic E-state index is -2.95. The molecule has 0 fully saturated rings. The number of nitrogens with one attached hydrogen (secondary N) is 1. The second-order valence-corrected chi connectivity index (χ2v) is 8.66. The number of aromatic nitrogens is 1. The third-order valence-electron chi connectivity index (χ3n) is 5.09. The molecule has 3 aromatic rings. The molecule has 1 N–H and O–H groups in total. The summed E-state index contributed by atoms with van der Waals surface area (Å²) in [6, 6.07) is 16.7. The Labute approximate surface area is 205 Å². The van der Waals surface area contributed by atoms with Crippen molar-refractivity contribution in [1.82, 2.24) is 4.98 Å². The Hall–Kier alpha value is -3.92. The fourth-order valence-electron chi connectivity index (χ4n) is 3.34. The zero-order valence-corrected chi connectivity index (χ0v) is 19.8. The van der Waals surface area contributed by atoms with Crippen molar-refractivity contribution >= 4 is 46.1 Å². The van der Waals surface area contributed by atoms with E-state index in [1.165, 1.54) is 29.2 Å². The van der Waals surface area contributed by atoms with Crippen LogP contribution in [0.4, 0.5) is 20.2 Å². The first kappa shape index (κ1) is 24.2.